The van der Waals surface area contributed by atoms with Crippen LogP contribution in [-0.2, 0) is 12.4 Å². The zero-order valence-corrected chi connectivity index (χ0v) is 23.0. The van der Waals surface area contributed by atoms with Crippen LogP contribution in [-0.4, -0.2) is 29.0 Å². The summed E-state index contributed by atoms with van der Waals surface area (Å²) in [4.78, 5) is 32.4. The number of rotatable bonds is 7. The summed E-state index contributed by atoms with van der Waals surface area (Å²) in [7, 11) is 0. The molecule has 1 unspecified atom stereocenters. The molecule has 4 aromatic rings. The van der Waals surface area contributed by atoms with E-state index >= 15 is 0 Å². The van der Waals surface area contributed by atoms with Crippen LogP contribution in [0.15, 0.2) is 64.3 Å². The molecule has 2 bridgehead atoms. The predicted molar refractivity (Wildman–Crippen MR) is 151 cm³/mol. The zero-order chi connectivity index (χ0) is 30.7. The second-order valence-corrected chi connectivity index (χ2v) is 11.4. The van der Waals surface area contributed by atoms with Gasteiger partial charge in [0, 0.05) is 29.9 Å². The van der Waals surface area contributed by atoms with Gasteiger partial charge in [-0.3, -0.25) is 19.5 Å². The fourth-order valence-electron chi connectivity index (χ4n) is 6.73. The number of anilines is 3. The number of benzene rings is 2. The van der Waals surface area contributed by atoms with Crippen LogP contribution in [0, 0.1) is 11.8 Å². The third-order valence-corrected chi connectivity index (χ3v) is 8.93. The van der Waals surface area contributed by atoms with Crippen molar-refractivity contribution in [2.75, 3.05) is 23.7 Å². The molecule has 3 aromatic carbocycles. The molecule has 3 saturated heterocycles. The van der Waals surface area contributed by atoms with Crippen molar-refractivity contribution in [1.82, 2.24) is 9.88 Å². The van der Waals surface area contributed by atoms with Gasteiger partial charge >= 0.3 is 12.4 Å². The quantitative estimate of drug-likeness (QED) is 0.177. The maximum Gasteiger partial charge on any atom is 0.416 e. The highest BCUT2D eigenvalue weighted by atomic mass is 19.4. The number of alkyl halides is 6. The van der Waals surface area contributed by atoms with Gasteiger partial charge in [0.2, 0.25) is 0 Å². The monoisotopic (exact) mass is 602 g/mol. The van der Waals surface area contributed by atoms with E-state index in [4.69, 9.17) is 0 Å². The third-order valence-electron chi connectivity index (χ3n) is 8.93. The van der Waals surface area contributed by atoms with Gasteiger partial charge in [0.1, 0.15) is 11.4 Å². The molecular formula is C31H28F6N4O2. The van der Waals surface area contributed by atoms with Crippen molar-refractivity contribution >= 4 is 28.0 Å². The van der Waals surface area contributed by atoms with Crippen LogP contribution in [0.3, 0.4) is 0 Å². The van der Waals surface area contributed by atoms with E-state index in [9.17, 15) is 35.9 Å². The summed E-state index contributed by atoms with van der Waals surface area (Å²) in [5, 5.41) is 6.46. The SMILES string of the molecule is CC[C@H]1CN2CC[C@H]1C[C@@H]2[C@H](Nc1c(Nc2cc(C(F)(F)F)cc(C(F)(F)F)c2)c(=O)c1=O)c1ccnc2ccccc12. The van der Waals surface area contributed by atoms with Gasteiger partial charge in [-0.05, 0) is 67.1 Å². The summed E-state index contributed by atoms with van der Waals surface area (Å²) in [5.41, 5.74) is -4.57. The average molecular weight is 603 g/mol. The van der Waals surface area contributed by atoms with Crippen LogP contribution in [0.2, 0.25) is 0 Å². The Kier molecular flexibility index (Phi) is 7.22. The number of nitrogens with one attached hydrogen (secondary N) is 2. The highest BCUT2D eigenvalue weighted by Crippen LogP contribution is 2.44. The van der Waals surface area contributed by atoms with Crippen LogP contribution < -0.4 is 21.5 Å². The van der Waals surface area contributed by atoms with Crippen molar-refractivity contribution in [3.05, 3.63) is 91.9 Å². The highest BCUT2D eigenvalue weighted by Gasteiger charge is 2.44. The van der Waals surface area contributed by atoms with Crippen molar-refractivity contribution in [3.8, 4) is 0 Å². The summed E-state index contributed by atoms with van der Waals surface area (Å²) in [6.45, 7) is 3.88. The first-order valence-corrected chi connectivity index (χ1v) is 14.1. The molecule has 0 amide bonds. The van der Waals surface area contributed by atoms with Gasteiger partial charge in [-0.25, -0.2) is 0 Å². The molecule has 0 saturated carbocycles. The zero-order valence-electron chi connectivity index (χ0n) is 23.0. The molecule has 3 aliphatic rings. The average Bonchev–Trinajstić information content (AvgIpc) is 2.99. The van der Waals surface area contributed by atoms with Crippen molar-refractivity contribution < 1.29 is 26.3 Å². The van der Waals surface area contributed by atoms with Crippen molar-refractivity contribution in [3.63, 3.8) is 0 Å². The topological polar surface area (TPSA) is 74.3 Å². The Bertz CT molecular complexity index is 1710. The van der Waals surface area contributed by atoms with Crippen molar-refractivity contribution in [2.24, 2.45) is 11.8 Å². The number of fused-ring (bicyclic) bond motifs is 4. The maximum absolute atomic E-state index is 13.5. The summed E-state index contributed by atoms with van der Waals surface area (Å²) in [5.74, 6) is 1.00. The fraction of sp³-hybridized carbons (Fsp3) is 0.387. The summed E-state index contributed by atoms with van der Waals surface area (Å²) < 4.78 is 80.7. The first-order valence-electron chi connectivity index (χ1n) is 14.1. The molecule has 7 rings (SSSR count). The number of hydrogen-bond donors (Lipinski definition) is 2. The van der Waals surface area contributed by atoms with Gasteiger partial charge in [-0.2, -0.15) is 26.3 Å². The van der Waals surface area contributed by atoms with E-state index in [2.05, 4.69) is 27.4 Å². The highest BCUT2D eigenvalue weighted by molar-refractivity contribution is 5.84. The lowest BCUT2D eigenvalue weighted by molar-refractivity contribution is -0.143. The molecule has 0 radical (unpaired) electrons. The minimum Gasteiger partial charge on any atom is -0.372 e. The first-order chi connectivity index (χ1) is 20.3. The van der Waals surface area contributed by atoms with Crippen LogP contribution in [0.4, 0.5) is 43.4 Å². The molecule has 3 fully saturated rings. The number of halogens is 6. The van der Waals surface area contributed by atoms with E-state index in [-0.39, 0.29) is 23.5 Å². The standard InChI is InChI=1S/C31H28F6N4O2/c1-2-16-15-41-10-8-17(16)11-24(41)25(22-7-9-38-23-6-4-3-5-21(22)23)40-27-26(28(42)29(27)43)39-20-13-18(30(32,33)34)12-19(14-20)31(35,36)37/h3-7,9,12-14,16-17,24-25,39-40H,2,8,10-11,15H2,1H3/t16-,17-,24+,25+/m0/s1. The Morgan fingerprint density at radius 2 is 1.63 bits per heavy atom. The van der Waals surface area contributed by atoms with Crippen LogP contribution in [0.25, 0.3) is 10.9 Å². The molecule has 43 heavy (non-hydrogen) atoms. The van der Waals surface area contributed by atoms with Crippen LogP contribution in [0.1, 0.15) is 48.9 Å². The molecule has 6 nitrogen and oxygen atoms in total. The molecule has 0 spiro atoms. The molecule has 3 aliphatic heterocycles. The third kappa shape index (κ3) is 5.37. The number of pyridine rings is 1. The molecule has 12 heteroatoms. The number of para-hydroxylation sites is 1. The second kappa shape index (κ2) is 10.7. The summed E-state index contributed by atoms with van der Waals surface area (Å²) in [6.07, 6.45) is -5.57. The number of aromatic nitrogens is 1. The number of piperidine rings is 3. The van der Waals surface area contributed by atoms with Crippen molar-refractivity contribution in [2.45, 2.75) is 50.6 Å². The van der Waals surface area contributed by atoms with Gasteiger partial charge in [0.15, 0.2) is 0 Å². The van der Waals surface area contributed by atoms with Gasteiger partial charge < -0.3 is 10.6 Å². The van der Waals surface area contributed by atoms with E-state index in [0.29, 0.717) is 24.0 Å². The summed E-state index contributed by atoms with van der Waals surface area (Å²) in [6, 6.07) is 9.70. The number of hydrogen-bond acceptors (Lipinski definition) is 6. The Morgan fingerprint density at radius 3 is 2.26 bits per heavy atom. The molecule has 4 heterocycles. The largest absolute Gasteiger partial charge is 0.416 e. The number of nitrogens with zero attached hydrogens (tertiary/aromatic N) is 2. The minimum atomic E-state index is -5.06. The Labute approximate surface area is 242 Å². The Morgan fingerprint density at radius 1 is 0.953 bits per heavy atom. The fourth-order valence-corrected chi connectivity index (χ4v) is 6.73. The van der Waals surface area contributed by atoms with Crippen LogP contribution in [0.5, 0.6) is 0 Å². The Balaban J connectivity index is 1.40. The van der Waals surface area contributed by atoms with E-state index < -0.39 is 46.1 Å². The summed E-state index contributed by atoms with van der Waals surface area (Å²) >= 11 is 0. The molecular weight excluding hydrogens is 574 g/mol. The lowest BCUT2D eigenvalue weighted by atomic mass is 9.72. The molecule has 226 valence electrons. The van der Waals surface area contributed by atoms with Gasteiger partial charge in [-0.15, -0.1) is 0 Å². The van der Waals surface area contributed by atoms with E-state index in [0.717, 1.165) is 48.8 Å². The van der Waals surface area contributed by atoms with Gasteiger partial charge in [0.05, 0.1) is 22.7 Å². The lowest BCUT2D eigenvalue weighted by Gasteiger charge is -2.52. The normalized spacial score (nSPS) is 23.0. The molecule has 1 aromatic heterocycles. The lowest BCUT2D eigenvalue weighted by Crippen LogP contribution is -2.56. The predicted octanol–water partition coefficient (Wildman–Crippen LogP) is 6.89. The molecule has 2 N–H and O–H groups in total. The van der Waals surface area contributed by atoms with Crippen molar-refractivity contribution in [1.29, 1.82) is 0 Å². The van der Waals surface area contributed by atoms with E-state index in [1.54, 1.807) is 6.20 Å². The maximum atomic E-state index is 13.5. The van der Waals surface area contributed by atoms with E-state index in [1.165, 1.54) is 0 Å². The van der Waals surface area contributed by atoms with Gasteiger partial charge in [-0.1, -0.05) is 31.5 Å². The minimum absolute atomic E-state index is 0.00712. The smallest absolute Gasteiger partial charge is 0.372 e. The molecule has 0 aliphatic carbocycles. The second-order valence-electron chi connectivity index (χ2n) is 11.4. The van der Waals surface area contributed by atoms with E-state index in [1.807, 2.05) is 30.3 Å². The first kappa shape index (κ1) is 29.2. The Hall–Kier alpha value is -3.93. The van der Waals surface area contributed by atoms with Gasteiger partial charge in [0.25, 0.3) is 10.9 Å². The molecule has 5 atom stereocenters. The van der Waals surface area contributed by atoms with Crippen LogP contribution >= 0.6 is 0 Å².